The molecule has 18 heteroatoms. The van der Waals surface area contributed by atoms with Crippen molar-refractivity contribution >= 4 is 46.7 Å². The van der Waals surface area contributed by atoms with E-state index in [-0.39, 0.29) is 31.2 Å². The summed E-state index contributed by atoms with van der Waals surface area (Å²) in [4.78, 5) is 117. The Morgan fingerprint density at radius 1 is 0.774 bits per heavy atom. The third kappa shape index (κ3) is 5.79. The first-order valence-electron chi connectivity index (χ1n) is 17.8. The molecule has 1 aliphatic carbocycles. The van der Waals surface area contributed by atoms with Gasteiger partial charge in [0.2, 0.25) is 23.6 Å². The molecule has 2 saturated heterocycles. The van der Waals surface area contributed by atoms with Crippen molar-refractivity contribution < 1.29 is 28.8 Å². The van der Waals surface area contributed by atoms with Crippen LogP contribution < -0.4 is 32.5 Å². The first-order chi connectivity index (χ1) is 25.1. The number of carbonyl (C=O) groups is 6. The van der Waals surface area contributed by atoms with Gasteiger partial charge in [-0.2, -0.15) is 4.98 Å². The van der Waals surface area contributed by atoms with Gasteiger partial charge >= 0.3 is 17.8 Å². The van der Waals surface area contributed by atoms with E-state index in [1.807, 2.05) is 32.9 Å². The van der Waals surface area contributed by atoms with Gasteiger partial charge in [0.1, 0.15) is 13.1 Å². The number of aromatic nitrogens is 4. The number of carbonyl (C=O) groups excluding carboxylic acids is 6. The SMILES string of the molecule is CCCCCNC(=O)CN1C(=O)NC(=O)[C@@]2(C)C1C1N(CC(=O)NCCn3c4nc(=O)n(CC)c(=O)c-4nc4cc(C)c(C)cc43)C(=O)NC(=O)[C@@]12C. The van der Waals surface area contributed by atoms with Gasteiger partial charge in [0.05, 0.1) is 33.9 Å². The number of unbranched alkanes of at least 4 members (excludes halogenated alkanes) is 2. The highest BCUT2D eigenvalue weighted by Gasteiger charge is 2.81. The van der Waals surface area contributed by atoms with Crippen molar-refractivity contribution in [1.29, 1.82) is 0 Å². The zero-order valence-corrected chi connectivity index (χ0v) is 30.6. The van der Waals surface area contributed by atoms with Gasteiger partial charge in [-0.3, -0.25) is 39.2 Å². The quantitative estimate of drug-likeness (QED) is 0.144. The summed E-state index contributed by atoms with van der Waals surface area (Å²) in [6.45, 7) is 10.1. The van der Waals surface area contributed by atoms with E-state index in [1.165, 1.54) is 13.8 Å². The number of hydrogen-bond acceptors (Lipinski definition) is 10. The van der Waals surface area contributed by atoms with Crippen LogP contribution in [0.3, 0.4) is 0 Å². The molecule has 4 N–H and O–H groups in total. The van der Waals surface area contributed by atoms with Crippen LogP contribution in [0.2, 0.25) is 0 Å². The molecule has 53 heavy (non-hydrogen) atoms. The van der Waals surface area contributed by atoms with E-state index in [4.69, 9.17) is 0 Å². The van der Waals surface area contributed by atoms with Crippen LogP contribution in [0.25, 0.3) is 22.6 Å². The molecule has 282 valence electrons. The van der Waals surface area contributed by atoms with Gasteiger partial charge < -0.3 is 25.0 Å². The number of amides is 8. The Kier molecular flexibility index (Phi) is 9.59. The third-order valence-electron chi connectivity index (χ3n) is 11.3. The third-order valence-corrected chi connectivity index (χ3v) is 11.3. The molecule has 3 fully saturated rings. The number of aryl methyl sites for hydroxylation is 2. The van der Waals surface area contributed by atoms with Crippen LogP contribution >= 0.6 is 0 Å². The van der Waals surface area contributed by atoms with E-state index in [1.54, 1.807) is 11.5 Å². The summed E-state index contributed by atoms with van der Waals surface area (Å²) in [5.41, 5.74) is -1.45. The minimum Gasteiger partial charge on any atom is -0.355 e. The lowest BCUT2D eigenvalue weighted by Crippen LogP contribution is -2.91. The van der Waals surface area contributed by atoms with Crippen LogP contribution in [0.5, 0.6) is 0 Å². The molecule has 1 aromatic carbocycles. The predicted molar refractivity (Wildman–Crippen MR) is 190 cm³/mol. The zero-order valence-electron chi connectivity index (χ0n) is 30.6. The minimum absolute atomic E-state index is 0.000707. The molecule has 18 nitrogen and oxygen atoms in total. The van der Waals surface area contributed by atoms with Gasteiger partial charge in [-0.1, -0.05) is 19.8 Å². The standard InChI is InChI=1S/C35H44N10O8/c1-7-9-10-11-36-22(46)16-44-25-26-35(6,34(25,5)29(49)40-32(44)52)30(50)41-33(53)45(26)17-23(47)37-12-13-43-21-15-19(4)18(3)14-20(21)38-24-27(43)39-31(51)42(8-2)28(24)48/h14-15,25-26H,7-13,16-17H2,1-6H3,(H,36,46)(H,37,47)(H,40,49,52)(H,41,50,53)/t25?,26?,34-,35-/m1/s1. The summed E-state index contributed by atoms with van der Waals surface area (Å²) in [6.07, 6.45) is 2.59. The summed E-state index contributed by atoms with van der Waals surface area (Å²) in [5, 5.41) is 10.1. The maximum absolute atomic E-state index is 13.5. The molecule has 2 unspecified atom stereocenters. The number of nitrogens with zero attached hydrogens (tertiary/aromatic N) is 6. The van der Waals surface area contributed by atoms with Crippen LogP contribution in [0.15, 0.2) is 21.7 Å². The Bertz CT molecular complexity index is 2160. The first kappa shape index (κ1) is 37.1. The molecule has 4 aliphatic heterocycles. The number of nitrogens with one attached hydrogen (secondary N) is 4. The molecule has 5 aliphatic rings. The lowest BCUT2D eigenvalue weighted by atomic mass is 9.42. The second-order valence-electron chi connectivity index (χ2n) is 14.3. The molecule has 1 aromatic rings. The van der Waals surface area contributed by atoms with Gasteiger partial charge in [0, 0.05) is 26.2 Å². The van der Waals surface area contributed by atoms with E-state index in [9.17, 15) is 38.4 Å². The molecule has 4 heterocycles. The molecular weight excluding hydrogens is 688 g/mol. The van der Waals surface area contributed by atoms with Crippen molar-refractivity contribution in [3.63, 3.8) is 0 Å². The lowest BCUT2D eigenvalue weighted by molar-refractivity contribution is -0.213. The van der Waals surface area contributed by atoms with Gasteiger partial charge in [-0.15, -0.1) is 0 Å². The van der Waals surface area contributed by atoms with Crippen LogP contribution in [0, 0.1) is 24.7 Å². The number of fused-ring (bicyclic) bond motifs is 6. The van der Waals surface area contributed by atoms with Crippen LogP contribution in [-0.4, -0.2) is 103 Å². The average Bonchev–Trinajstić information content (AvgIpc) is 3.10. The van der Waals surface area contributed by atoms with Gasteiger partial charge in [0.25, 0.3) is 5.56 Å². The average molecular weight is 733 g/mol. The Morgan fingerprint density at radius 2 is 1.32 bits per heavy atom. The van der Waals surface area contributed by atoms with Crippen molar-refractivity contribution in [2.45, 2.75) is 86.0 Å². The Balaban J connectivity index is 1.25. The largest absolute Gasteiger partial charge is 0.355 e. The van der Waals surface area contributed by atoms with E-state index < -0.39 is 82.9 Å². The number of hydrogen-bond donors (Lipinski definition) is 4. The summed E-state index contributed by atoms with van der Waals surface area (Å²) in [5.74, 6) is -2.49. The Hall–Kier alpha value is -5.68. The lowest BCUT2D eigenvalue weighted by Gasteiger charge is -2.71. The van der Waals surface area contributed by atoms with Crippen molar-refractivity contribution in [2.24, 2.45) is 10.8 Å². The van der Waals surface area contributed by atoms with Gasteiger partial charge in [-0.05, 0) is 64.3 Å². The maximum Gasteiger partial charge on any atom is 0.352 e. The molecule has 4 atom stereocenters. The summed E-state index contributed by atoms with van der Waals surface area (Å²) in [6, 6.07) is -0.243. The summed E-state index contributed by atoms with van der Waals surface area (Å²) < 4.78 is 2.64. The monoisotopic (exact) mass is 732 g/mol. The van der Waals surface area contributed by atoms with Crippen LogP contribution in [-0.2, 0) is 32.3 Å². The van der Waals surface area contributed by atoms with Crippen molar-refractivity contribution in [2.75, 3.05) is 26.2 Å². The van der Waals surface area contributed by atoms with Crippen molar-refractivity contribution in [1.82, 2.24) is 50.2 Å². The van der Waals surface area contributed by atoms with Crippen LogP contribution in [0.4, 0.5) is 9.59 Å². The highest BCUT2D eigenvalue weighted by molar-refractivity contribution is 6.11. The van der Waals surface area contributed by atoms with Gasteiger partial charge in [0.15, 0.2) is 11.5 Å². The molecule has 0 radical (unpaired) electrons. The molecule has 0 spiro atoms. The number of imide groups is 2. The van der Waals surface area contributed by atoms with Crippen molar-refractivity contribution in [3.05, 3.63) is 44.1 Å². The molecule has 0 bridgehead atoms. The highest BCUT2D eigenvalue weighted by atomic mass is 16.2. The normalized spacial score (nSPS) is 23.7. The second kappa shape index (κ2) is 13.7. The maximum atomic E-state index is 13.5. The smallest absolute Gasteiger partial charge is 0.352 e. The van der Waals surface area contributed by atoms with Gasteiger partial charge in [-0.25, -0.2) is 19.4 Å². The topological polar surface area (TPSA) is 227 Å². The fraction of sp³-hybridized carbons (Fsp3) is 0.543. The minimum atomic E-state index is -1.56. The second-order valence-corrected chi connectivity index (χ2v) is 14.3. The van der Waals surface area contributed by atoms with E-state index in [0.717, 1.165) is 44.8 Å². The molecular formula is C35H44N10O8. The summed E-state index contributed by atoms with van der Waals surface area (Å²) >= 11 is 0. The van der Waals surface area contributed by atoms with Crippen molar-refractivity contribution in [3.8, 4) is 11.5 Å². The highest BCUT2D eigenvalue weighted by Crippen LogP contribution is 2.62. The fourth-order valence-corrected chi connectivity index (χ4v) is 8.01. The molecule has 8 amide bonds. The van der Waals surface area contributed by atoms with Crippen LogP contribution in [0.1, 0.15) is 58.1 Å². The Labute approximate surface area is 304 Å². The predicted octanol–water partition coefficient (Wildman–Crippen LogP) is -0.0157. The number of rotatable bonds is 12. The van der Waals surface area contributed by atoms with E-state index in [0.29, 0.717) is 17.6 Å². The number of urea groups is 2. The zero-order chi connectivity index (χ0) is 38.6. The Morgan fingerprint density at radius 3 is 1.87 bits per heavy atom. The molecule has 6 rings (SSSR count). The van der Waals surface area contributed by atoms with E-state index >= 15 is 0 Å². The summed E-state index contributed by atoms with van der Waals surface area (Å²) in [7, 11) is 0. The fourth-order valence-electron chi connectivity index (χ4n) is 8.01. The molecule has 0 aromatic heterocycles. The molecule has 1 saturated carbocycles. The number of benzene rings is 1. The first-order valence-corrected chi connectivity index (χ1v) is 17.8. The van der Waals surface area contributed by atoms with E-state index in [2.05, 4.69) is 31.2 Å².